The summed E-state index contributed by atoms with van der Waals surface area (Å²) in [7, 11) is 3.77. The number of hydrogen-bond donors (Lipinski definition) is 1. The van der Waals surface area contributed by atoms with Gasteiger partial charge in [-0.3, -0.25) is 4.79 Å². The van der Waals surface area contributed by atoms with Gasteiger partial charge in [-0.25, -0.2) is 9.37 Å². The topological polar surface area (TPSA) is 71.3 Å². The molecule has 3 rings (SSSR count). The summed E-state index contributed by atoms with van der Waals surface area (Å²) in [6.45, 7) is 0.302. The quantitative estimate of drug-likeness (QED) is 0.773. The SMILES string of the molecule is CN(C)c1ncccc1CNC(=O)c1cc(-c2cccc(F)c2)no1. The van der Waals surface area contributed by atoms with E-state index in [0.717, 1.165) is 11.4 Å². The summed E-state index contributed by atoms with van der Waals surface area (Å²) in [5.41, 5.74) is 1.83. The summed E-state index contributed by atoms with van der Waals surface area (Å²) in [4.78, 5) is 18.4. The van der Waals surface area contributed by atoms with Crippen molar-refractivity contribution in [1.82, 2.24) is 15.5 Å². The van der Waals surface area contributed by atoms with Crippen molar-refractivity contribution in [2.24, 2.45) is 0 Å². The second-order valence-electron chi connectivity index (χ2n) is 5.65. The zero-order chi connectivity index (χ0) is 17.8. The van der Waals surface area contributed by atoms with Crippen LogP contribution in [0.1, 0.15) is 16.1 Å². The van der Waals surface area contributed by atoms with Crippen LogP contribution in [0.3, 0.4) is 0 Å². The first-order chi connectivity index (χ1) is 12.0. The van der Waals surface area contributed by atoms with Crippen LogP contribution in [0.4, 0.5) is 10.2 Å². The van der Waals surface area contributed by atoms with Crippen molar-refractivity contribution >= 4 is 11.7 Å². The van der Waals surface area contributed by atoms with Gasteiger partial charge >= 0.3 is 0 Å². The van der Waals surface area contributed by atoms with E-state index in [1.54, 1.807) is 18.3 Å². The van der Waals surface area contributed by atoms with E-state index in [1.807, 2.05) is 31.1 Å². The summed E-state index contributed by atoms with van der Waals surface area (Å²) in [5.74, 6) is 0.0679. The lowest BCUT2D eigenvalue weighted by molar-refractivity contribution is 0.0914. The molecule has 1 amide bonds. The number of halogens is 1. The Labute approximate surface area is 144 Å². The van der Waals surface area contributed by atoms with Crippen LogP contribution in [-0.4, -0.2) is 30.1 Å². The molecular formula is C18H17FN4O2. The van der Waals surface area contributed by atoms with Crippen molar-refractivity contribution in [2.45, 2.75) is 6.54 Å². The highest BCUT2D eigenvalue weighted by Crippen LogP contribution is 2.20. The molecule has 2 heterocycles. The van der Waals surface area contributed by atoms with Gasteiger partial charge in [0.25, 0.3) is 5.91 Å². The molecule has 0 saturated heterocycles. The van der Waals surface area contributed by atoms with Crippen LogP contribution in [0, 0.1) is 5.82 Å². The maximum Gasteiger partial charge on any atom is 0.290 e. The third-order valence-corrected chi connectivity index (χ3v) is 3.58. The van der Waals surface area contributed by atoms with Gasteiger partial charge in [-0.2, -0.15) is 0 Å². The van der Waals surface area contributed by atoms with Crippen molar-refractivity contribution in [3.63, 3.8) is 0 Å². The fourth-order valence-corrected chi connectivity index (χ4v) is 2.40. The van der Waals surface area contributed by atoms with Gasteiger partial charge < -0.3 is 14.7 Å². The van der Waals surface area contributed by atoms with Gasteiger partial charge in [-0.1, -0.05) is 23.4 Å². The molecule has 0 saturated carbocycles. The van der Waals surface area contributed by atoms with Crippen molar-refractivity contribution in [3.05, 3.63) is 65.8 Å². The van der Waals surface area contributed by atoms with Gasteiger partial charge in [0, 0.05) is 44.0 Å². The number of pyridine rings is 1. The Hall–Kier alpha value is -3.22. The fraction of sp³-hybridized carbons (Fsp3) is 0.167. The van der Waals surface area contributed by atoms with E-state index in [2.05, 4.69) is 15.5 Å². The van der Waals surface area contributed by atoms with Crippen LogP contribution in [0.2, 0.25) is 0 Å². The first-order valence-electron chi connectivity index (χ1n) is 7.66. The van der Waals surface area contributed by atoms with Gasteiger partial charge in [-0.05, 0) is 18.2 Å². The highest BCUT2D eigenvalue weighted by molar-refractivity contribution is 5.92. The van der Waals surface area contributed by atoms with Crippen molar-refractivity contribution in [2.75, 3.05) is 19.0 Å². The zero-order valence-electron chi connectivity index (χ0n) is 13.9. The van der Waals surface area contributed by atoms with E-state index in [0.29, 0.717) is 17.8 Å². The summed E-state index contributed by atoms with van der Waals surface area (Å²) < 4.78 is 18.4. The predicted octanol–water partition coefficient (Wildman–Crippen LogP) is 2.87. The molecule has 0 fully saturated rings. The molecule has 3 aromatic rings. The Morgan fingerprint density at radius 1 is 1.24 bits per heavy atom. The van der Waals surface area contributed by atoms with E-state index >= 15 is 0 Å². The third kappa shape index (κ3) is 3.82. The summed E-state index contributed by atoms with van der Waals surface area (Å²) in [6, 6.07) is 11.1. The summed E-state index contributed by atoms with van der Waals surface area (Å²) in [6.07, 6.45) is 1.70. The summed E-state index contributed by atoms with van der Waals surface area (Å²) >= 11 is 0. The molecule has 0 unspecified atom stereocenters. The number of nitrogens with one attached hydrogen (secondary N) is 1. The largest absolute Gasteiger partial charge is 0.362 e. The molecule has 0 aliphatic heterocycles. The lowest BCUT2D eigenvalue weighted by Gasteiger charge is -2.15. The standard InChI is InChI=1S/C18H17FN4O2/c1-23(2)17-13(6-4-8-20-17)11-21-18(24)16-10-15(22-25-16)12-5-3-7-14(19)9-12/h3-10H,11H2,1-2H3,(H,21,24). The van der Waals surface area contributed by atoms with Crippen LogP contribution >= 0.6 is 0 Å². The number of amides is 1. The third-order valence-electron chi connectivity index (χ3n) is 3.58. The molecule has 6 nitrogen and oxygen atoms in total. The molecule has 2 aromatic heterocycles. The predicted molar refractivity (Wildman–Crippen MR) is 91.6 cm³/mol. The average molecular weight is 340 g/mol. The molecule has 7 heteroatoms. The maximum absolute atomic E-state index is 13.3. The lowest BCUT2D eigenvalue weighted by atomic mass is 10.1. The Morgan fingerprint density at radius 2 is 2.08 bits per heavy atom. The van der Waals surface area contributed by atoms with Gasteiger partial charge in [0.2, 0.25) is 5.76 Å². The number of aromatic nitrogens is 2. The number of hydrogen-bond acceptors (Lipinski definition) is 5. The minimum Gasteiger partial charge on any atom is -0.362 e. The molecule has 0 aliphatic rings. The van der Waals surface area contributed by atoms with Crippen LogP contribution in [0.25, 0.3) is 11.3 Å². The molecule has 0 atom stereocenters. The van der Waals surface area contributed by atoms with Crippen molar-refractivity contribution in [1.29, 1.82) is 0 Å². The van der Waals surface area contributed by atoms with Crippen molar-refractivity contribution in [3.8, 4) is 11.3 Å². The van der Waals surface area contributed by atoms with E-state index in [4.69, 9.17) is 4.52 Å². The second-order valence-corrected chi connectivity index (χ2v) is 5.65. The molecule has 128 valence electrons. The average Bonchev–Trinajstić information content (AvgIpc) is 3.10. The Balaban J connectivity index is 1.71. The van der Waals surface area contributed by atoms with Crippen molar-refractivity contribution < 1.29 is 13.7 Å². The number of carbonyl (C=O) groups excluding carboxylic acids is 1. The number of anilines is 1. The van der Waals surface area contributed by atoms with E-state index < -0.39 is 5.91 Å². The van der Waals surface area contributed by atoms with Crippen LogP contribution in [0.15, 0.2) is 53.2 Å². The van der Waals surface area contributed by atoms with Crippen LogP contribution in [0.5, 0.6) is 0 Å². The Bertz CT molecular complexity index is 892. The minimum absolute atomic E-state index is 0.0644. The number of carbonyl (C=O) groups is 1. The molecule has 1 N–H and O–H groups in total. The first-order valence-corrected chi connectivity index (χ1v) is 7.66. The van der Waals surface area contributed by atoms with Crippen LogP contribution in [-0.2, 0) is 6.54 Å². The second kappa shape index (κ2) is 7.12. The number of rotatable bonds is 5. The minimum atomic E-state index is -0.399. The molecule has 0 spiro atoms. The smallest absolute Gasteiger partial charge is 0.290 e. The molecule has 25 heavy (non-hydrogen) atoms. The molecular weight excluding hydrogens is 323 g/mol. The van der Waals surface area contributed by atoms with Gasteiger partial charge in [0.05, 0.1) is 0 Å². The number of benzene rings is 1. The van der Waals surface area contributed by atoms with Gasteiger partial charge in [0.15, 0.2) is 0 Å². The van der Waals surface area contributed by atoms with E-state index in [1.165, 1.54) is 18.2 Å². The van der Waals surface area contributed by atoms with Gasteiger partial charge in [0.1, 0.15) is 17.3 Å². The molecule has 1 aromatic carbocycles. The Kier molecular flexibility index (Phi) is 4.74. The molecule has 0 aliphatic carbocycles. The van der Waals surface area contributed by atoms with Gasteiger partial charge in [-0.15, -0.1) is 0 Å². The van der Waals surface area contributed by atoms with Crippen LogP contribution < -0.4 is 10.2 Å². The fourth-order valence-electron chi connectivity index (χ4n) is 2.40. The summed E-state index contributed by atoms with van der Waals surface area (Å²) in [5, 5.41) is 6.60. The lowest BCUT2D eigenvalue weighted by Crippen LogP contribution is -2.24. The normalized spacial score (nSPS) is 10.5. The monoisotopic (exact) mass is 340 g/mol. The molecule has 0 bridgehead atoms. The maximum atomic E-state index is 13.3. The molecule has 0 radical (unpaired) electrons. The van der Waals surface area contributed by atoms with E-state index in [9.17, 15) is 9.18 Å². The highest BCUT2D eigenvalue weighted by atomic mass is 19.1. The highest BCUT2D eigenvalue weighted by Gasteiger charge is 2.15. The van der Waals surface area contributed by atoms with E-state index in [-0.39, 0.29) is 11.6 Å². The Morgan fingerprint density at radius 3 is 2.84 bits per heavy atom. The zero-order valence-corrected chi connectivity index (χ0v) is 13.9. The first kappa shape index (κ1) is 16.6. The number of nitrogens with zero attached hydrogens (tertiary/aromatic N) is 3.